The van der Waals surface area contributed by atoms with Crippen molar-refractivity contribution in [3.8, 4) is 17.3 Å². The summed E-state index contributed by atoms with van der Waals surface area (Å²) in [6, 6.07) is 4.76. The number of anilines is 3. The highest BCUT2D eigenvalue weighted by Gasteiger charge is 2.28. The van der Waals surface area contributed by atoms with Crippen molar-refractivity contribution in [3.63, 3.8) is 0 Å². The molecule has 3 aromatic rings. The molecular weight excluding hydrogens is 384 g/mol. The molecule has 0 atom stereocenters. The number of rotatable bonds is 6. The van der Waals surface area contributed by atoms with E-state index in [1.165, 1.54) is 44.8 Å². The average Bonchev–Trinajstić information content (AvgIpc) is 2.67. The third kappa shape index (κ3) is 4.94. The van der Waals surface area contributed by atoms with E-state index in [0.29, 0.717) is 23.9 Å². The molecule has 0 aliphatic heterocycles. The molecule has 0 aliphatic carbocycles. The number of methoxy groups -OCH3 is 1. The molecule has 0 saturated heterocycles. The van der Waals surface area contributed by atoms with Crippen molar-refractivity contribution in [2.45, 2.75) is 19.8 Å². The molecule has 3 aromatic heterocycles. The Hall–Kier alpha value is -3.76. The minimum absolute atomic E-state index is 0.138. The molecule has 0 unspecified atom stereocenters. The van der Waals surface area contributed by atoms with Crippen LogP contribution < -0.4 is 15.4 Å². The van der Waals surface area contributed by atoms with Crippen LogP contribution in [0.4, 0.5) is 26.1 Å². The fourth-order valence-electron chi connectivity index (χ4n) is 2.38. The van der Waals surface area contributed by atoms with Gasteiger partial charge in [-0.3, -0.25) is 4.79 Å². The third-order valence-electron chi connectivity index (χ3n) is 3.61. The number of halogens is 2. The zero-order valence-electron chi connectivity index (χ0n) is 15.8. The molecule has 0 saturated carbocycles. The summed E-state index contributed by atoms with van der Waals surface area (Å²) in [4.78, 5) is 31.2. The molecular formula is C18H17F2N7O2. The van der Waals surface area contributed by atoms with E-state index in [9.17, 15) is 13.6 Å². The lowest BCUT2D eigenvalue weighted by Gasteiger charge is -2.14. The maximum atomic E-state index is 13.6. The number of nitrogens with one attached hydrogen (secondary N) is 2. The van der Waals surface area contributed by atoms with E-state index < -0.39 is 11.7 Å². The Balaban J connectivity index is 2.05. The van der Waals surface area contributed by atoms with Gasteiger partial charge in [0.2, 0.25) is 11.7 Å². The number of pyridine rings is 1. The Bertz CT molecular complexity index is 1040. The molecule has 11 heteroatoms. The van der Waals surface area contributed by atoms with Crippen LogP contribution in [-0.2, 0) is 10.7 Å². The molecule has 0 bridgehead atoms. The maximum absolute atomic E-state index is 13.6. The van der Waals surface area contributed by atoms with Crippen LogP contribution >= 0.6 is 0 Å². The summed E-state index contributed by atoms with van der Waals surface area (Å²) in [5, 5.41) is 5.53. The summed E-state index contributed by atoms with van der Waals surface area (Å²) in [6.07, 6.45) is 4.21. The predicted molar refractivity (Wildman–Crippen MR) is 101 cm³/mol. The highest BCUT2D eigenvalue weighted by Crippen LogP contribution is 2.31. The first-order valence-corrected chi connectivity index (χ1v) is 8.39. The van der Waals surface area contributed by atoms with Crippen LogP contribution in [0.1, 0.15) is 19.7 Å². The van der Waals surface area contributed by atoms with Gasteiger partial charge in [0.15, 0.2) is 0 Å². The van der Waals surface area contributed by atoms with E-state index in [0.717, 1.165) is 0 Å². The SMILES string of the molecule is COc1nccc(-c2cnc(NC(C)=O)cc2Nc2ccnc(C(C)(F)F)n2)n1. The number of alkyl halides is 2. The van der Waals surface area contributed by atoms with Crippen LogP contribution in [0.25, 0.3) is 11.3 Å². The number of aromatic nitrogens is 5. The lowest BCUT2D eigenvalue weighted by atomic mass is 10.1. The molecule has 9 nitrogen and oxygen atoms in total. The van der Waals surface area contributed by atoms with Gasteiger partial charge >= 0.3 is 11.9 Å². The fourth-order valence-corrected chi connectivity index (χ4v) is 2.38. The molecule has 150 valence electrons. The van der Waals surface area contributed by atoms with Gasteiger partial charge in [-0.15, -0.1) is 0 Å². The van der Waals surface area contributed by atoms with Crippen molar-refractivity contribution < 1.29 is 18.3 Å². The summed E-state index contributed by atoms with van der Waals surface area (Å²) in [5.74, 6) is -3.72. The topological polar surface area (TPSA) is 115 Å². The van der Waals surface area contributed by atoms with E-state index >= 15 is 0 Å². The summed E-state index contributed by atoms with van der Waals surface area (Å²) >= 11 is 0. The molecule has 0 aliphatic rings. The number of carbonyl (C=O) groups is 1. The molecule has 0 spiro atoms. The van der Waals surface area contributed by atoms with Crippen LogP contribution in [0, 0.1) is 0 Å². The highest BCUT2D eigenvalue weighted by molar-refractivity contribution is 5.89. The smallest absolute Gasteiger partial charge is 0.316 e. The van der Waals surface area contributed by atoms with Gasteiger partial charge in [0.1, 0.15) is 11.6 Å². The quantitative estimate of drug-likeness (QED) is 0.647. The Morgan fingerprint density at radius 3 is 2.55 bits per heavy atom. The van der Waals surface area contributed by atoms with Crippen LogP contribution in [0.3, 0.4) is 0 Å². The minimum atomic E-state index is -3.19. The first-order chi connectivity index (χ1) is 13.8. The number of hydrogen-bond donors (Lipinski definition) is 2. The second-order valence-corrected chi connectivity index (χ2v) is 6.00. The van der Waals surface area contributed by atoms with Gasteiger partial charge in [-0.2, -0.15) is 13.8 Å². The Kier molecular flexibility index (Phi) is 5.57. The monoisotopic (exact) mass is 401 g/mol. The van der Waals surface area contributed by atoms with Gasteiger partial charge in [-0.25, -0.2) is 19.9 Å². The first kappa shape index (κ1) is 20.0. The molecule has 3 rings (SSSR count). The molecule has 1 amide bonds. The lowest BCUT2D eigenvalue weighted by Crippen LogP contribution is -2.13. The number of ether oxygens (including phenoxy) is 1. The van der Waals surface area contributed by atoms with Crippen LogP contribution in [0.5, 0.6) is 6.01 Å². The van der Waals surface area contributed by atoms with E-state index in [1.807, 2.05) is 0 Å². The third-order valence-corrected chi connectivity index (χ3v) is 3.61. The van der Waals surface area contributed by atoms with Gasteiger partial charge in [0, 0.05) is 44.1 Å². The summed E-state index contributed by atoms with van der Waals surface area (Å²) in [7, 11) is 1.43. The molecule has 0 aromatic carbocycles. The summed E-state index contributed by atoms with van der Waals surface area (Å²) in [6.45, 7) is 2.06. The Morgan fingerprint density at radius 2 is 1.86 bits per heavy atom. The number of carbonyl (C=O) groups excluding carboxylic acids is 1. The Labute approximate surface area is 164 Å². The number of nitrogens with zero attached hydrogens (tertiary/aromatic N) is 5. The fraction of sp³-hybridized carbons (Fsp3) is 0.222. The average molecular weight is 401 g/mol. The van der Waals surface area contributed by atoms with E-state index in [-0.39, 0.29) is 23.6 Å². The van der Waals surface area contributed by atoms with Crippen molar-refractivity contribution in [1.82, 2.24) is 24.9 Å². The van der Waals surface area contributed by atoms with Crippen molar-refractivity contribution in [3.05, 3.63) is 42.6 Å². The second-order valence-electron chi connectivity index (χ2n) is 6.00. The zero-order valence-corrected chi connectivity index (χ0v) is 15.8. The molecule has 29 heavy (non-hydrogen) atoms. The van der Waals surface area contributed by atoms with Crippen LogP contribution in [0.2, 0.25) is 0 Å². The van der Waals surface area contributed by atoms with Crippen molar-refractivity contribution >= 4 is 23.2 Å². The van der Waals surface area contributed by atoms with Gasteiger partial charge in [-0.1, -0.05) is 0 Å². The zero-order chi connectivity index (χ0) is 21.0. The van der Waals surface area contributed by atoms with Gasteiger partial charge in [-0.05, 0) is 12.1 Å². The van der Waals surface area contributed by atoms with E-state index in [2.05, 4.69) is 35.6 Å². The van der Waals surface area contributed by atoms with Gasteiger partial charge in [0.05, 0.1) is 18.5 Å². The normalized spacial score (nSPS) is 11.1. The summed E-state index contributed by atoms with van der Waals surface area (Å²) in [5.41, 5.74) is 1.41. The summed E-state index contributed by atoms with van der Waals surface area (Å²) < 4.78 is 32.2. The van der Waals surface area contributed by atoms with Crippen LogP contribution in [0.15, 0.2) is 36.8 Å². The van der Waals surface area contributed by atoms with Crippen LogP contribution in [-0.4, -0.2) is 37.9 Å². The lowest BCUT2D eigenvalue weighted by molar-refractivity contribution is -0.114. The van der Waals surface area contributed by atoms with Gasteiger partial charge < -0.3 is 15.4 Å². The van der Waals surface area contributed by atoms with E-state index in [1.54, 1.807) is 6.07 Å². The number of amides is 1. The van der Waals surface area contributed by atoms with Crippen molar-refractivity contribution in [1.29, 1.82) is 0 Å². The van der Waals surface area contributed by atoms with Crippen molar-refractivity contribution in [2.75, 3.05) is 17.7 Å². The molecule has 0 fully saturated rings. The highest BCUT2D eigenvalue weighted by atomic mass is 19.3. The number of hydrogen-bond acceptors (Lipinski definition) is 8. The van der Waals surface area contributed by atoms with Gasteiger partial charge in [0.25, 0.3) is 0 Å². The van der Waals surface area contributed by atoms with E-state index in [4.69, 9.17) is 4.74 Å². The standard InChI is InChI=1S/C18H17F2N7O2/c1-10(28)24-15-8-13(25-14-5-7-21-16(27-14)18(2,19)20)11(9-23-15)12-4-6-22-17(26-12)29-3/h4-9H,1-3H3,(H2,21,23,24,25,27,28). The molecule has 0 radical (unpaired) electrons. The molecule has 2 N–H and O–H groups in total. The Morgan fingerprint density at radius 1 is 1.10 bits per heavy atom. The predicted octanol–water partition coefficient (Wildman–Crippen LogP) is 3.15. The minimum Gasteiger partial charge on any atom is -0.467 e. The first-order valence-electron chi connectivity index (χ1n) is 8.39. The largest absolute Gasteiger partial charge is 0.467 e. The van der Waals surface area contributed by atoms with Crippen molar-refractivity contribution in [2.24, 2.45) is 0 Å². The molecule has 3 heterocycles. The maximum Gasteiger partial charge on any atom is 0.316 e. The second kappa shape index (κ2) is 8.09.